The van der Waals surface area contributed by atoms with Gasteiger partial charge in [0.05, 0.1) is 16.3 Å². The zero-order valence-electron chi connectivity index (χ0n) is 11.0. The molecule has 1 amide bonds. The molecule has 0 aliphatic heterocycles. The Balaban J connectivity index is 2.33. The van der Waals surface area contributed by atoms with Crippen molar-refractivity contribution in [3.63, 3.8) is 0 Å². The number of nitrogens with one attached hydrogen (secondary N) is 2. The first-order valence-electron chi connectivity index (χ1n) is 5.89. The van der Waals surface area contributed by atoms with E-state index in [0.29, 0.717) is 16.3 Å². The zero-order valence-corrected chi connectivity index (χ0v) is 11.7. The van der Waals surface area contributed by atoms with Gasteiger partial charge in [0.1, 0.15) is 5.69 Å². The van der Waals surface area contributed by atoms with Crippen LogP contribution in [0.4, 0.5) is 5.69 Å². The van der Waals surface area contributed by atoms with Crippen LogP contribution in [0.1, 0.15) is 32.1 Å². The molecule has 0 radical (unpaired) electrons. The van der Waals surface area contributed by atoms with Crippen LogP contribution in [-0.4, -0.2) is 22.0 Å². The van der Waals surface area contributed by atoms with E-state index in [4.69, 9.17) is 16.7 Å². The normalized spacial score (nSPS) is 10.3. The number of hydrogen-bond donors (Lipinski definition) is 3. The Labute approximate surface area is 120 Å². The second-order valence-electron chi connectivity index (χ2n) is 4.44. The van der Waals surface area contributed by atoms with Crippen LogP contribution in [0.15, 0.2) is 24.3 Å². The number of carbonyl (C=O) groups is 2. The Morgan fingerprint density at radius 1 is 1.30 bits per heavy atom. The lowest BCUT2D eigenvalue weighted by atomic mass is 10.1. The highest BCUT2D eigenvalue weighted by atomic mass is 35.5. The minimum absolute atomic E-state index is 0.0559. The predicted octanol–water partition coefficient (Wildman–Crippen LogP) is 3.24. The summed E-state index contributed by atoms with van der Waals surface area (Å²) < 4.78 is 0. The maximum absolute atomic E-state index is 12.2. The standard InChI is InChI=1S/C14H13ClN2O3/c1-7-4-3-5-9(11(7)15)13(18)17-10-6-8(2)16-12(10)14(19)20/h3-6,16H,1-2H3,(H,17,18)(H,19,20). The van der Waals surface area contributed by atoms with Crippen molar-refractivity contribution in [2.75, 3.05) is 5.32 Å². The number of rotatable bonds is 3. The van der Waals surface area contributed by atoms with E-state index in [1.807, 2.05) is 0 Å². The van der Waals surface area contributed by atoms with Crippen LogP contribution in [0.5, 0.6) is 0 Å². The quantitative estimate of drug-likeness (QED) is 0.812. The summed E-state index contributed by atoms with van der Waals surface area (Å²) in [4.78, 5) is 25.9. The molecule has 2 aromatic rings. The zero-order chi connectivity index (χ0) is 14.9. The number of aromatic nitrogens is 1. The van der Waals surface area contributed by atoms with Gasteiger partial charge in [0.25, 0.3) is 5.91 Å². The van der Waals surface area contributed by atoms with Crippen LogP contribution < -0.4 is 5.32 Å². The Hall–Kier alpha value is -2.27. The molecule has 0 unspecified atom stereocenters. The van der Waals surface area contributed by atoms with Gasteiger partial charge >= 0.3 is 5.97 Å². The number of halogens is 1. The van der Waals surface area contributed by atoms with Crippen LogP contribution in [0.3, 0.4) is 0 Å². The van der Waals surface area contributed by atoms with Crippen molar-refractivity contribution in [1.29, 1.82) is 0 Å². The topological polar surface area (TPSA) is 82.2 Å². The first-order valence-corrected chi connectivity index (χ1v) is 6.27. The number of aromatic carboxylic acids is 1. The number of aryl methyl sites for hydroxylation is 2. The lowest BCUT2D eigenvalue weighted by molar-refractivity contribution is 0.0692. The molecule has 2 rings (SSSR count). The molecule has 0 spiro atoms. The number of anilines is 1. The van der Waals surface area contributed by atoms with Crippen molar-refractivity contribution in [2.24, 2.45) is 0 Å². The fourth-order valence-electron chi connectivity index (χ4n) is 1.87. The molecular formula is C14H13ClN2O3. The number of carbonyl (C=O) groups excluding carboxylic acids is 1. The molecule has 20 heavy (non-hydrogen) atoms. The lowest BCUT2D eigenvalue weighted by Crippen LogP contribution is -2.14. The molecule has 104 valence electrons. The van der Waals surface area contributed by atoms with Gasteiger partial charge in [-0.1, -0.05) is 23.7 Å². The number of carboxylic acid groups (broad SMARTS) is 1. The SMILES string of the molecule is Cc1cc(NC(=O)c2cccc(C)c2Cl)c(C(=O)O)[nH]1. The Morgan fingerprint density at radius 3 is 2.65 bits per heavy atom. The largest absolute Gasteiger partial charge is 0.477 e. The Morgan fingerprint density at radius 2 is 2.00 bits per heavy atom. The van der Waals surface area contributed by atoms with Crippen molar-refractivity contribution in [2.45, 2.75) is 13.8 Å². The molecule has 1 aromatic carbocycles. The summed E-state index contributed by atoms with van der Waals surface area (Å²) >= 11 is 6.08. The van der Waals surface area contributed by atoms with Gasteiger partial charge in [-0.05, 0) is 31.5 Å². The fraction of sp³-hybridized carbons (Fsp3) is 0.143. The summed E-state index contributed by atoms with van der Waals surface area (Å²) in [5.41, 5.74) is 1.90. The molecule has 0 saturated carbocycles. The highest BCUT2D eigenvalue weighted by molar-refractivity contribution is 6.35. The first kappa shape index (κ1) is 14.1. The molecule has 6 heteroatoms. The van der Waals surface area contributed by atoms with E-state index in [9.17, 15) is 9.59 Å². The smallest absolute Gasteiger partial charge is 0.354 e. The molecule has 0 bridgehead atoms. The van der Waals surface area contributed by atoms with E-state index in [2.05, 4.69) is 10.3 Å². The second kappa shape index (κ2) is 5.38. The summed E-state index contributed by atoms with van der Waals surface area (Å²) in [5, 5.41) is 12.0. The van der Waals surface area contributed by atoms with Gasteiger partial charge in [-0.25, -0.2) is 4.79 Å². The fourth-order valence-corrected chi connectivity index (χ4v) is 2.08. The molecule has 0 aliphatic rings. The monoisotopic (exact) mass is 292 g/mol. The van der Waals surface area contributed by atoms with E-state index in [0.717, 1.165) is 5.56 Å². The van der Waals surface area contributed by atoms with Gasteiger partial charge in [0, 0.05) is 5.69 Å². The third-order valence-electron chi connectivity index (χ3n) is 2.85. The molecular weight excluding hydrogens is 280 g/mol. The molecule has 5 nitrogen and oxygen atoms in total. The summed E-state index contributed by atoms with van der Waals surface area (Å²) in [6, 6.07) is 6.66. The molecule has 0 aliphatic carbocycles. The van der Waals surface area contributed by atoms with Crippen LogP contribution in [-0.2, 0) is 0 Å². The minimum atomic E-state index is -1.14. The number of hydrogen-bond acceptors (Lipinski definition) is 2. The van der Waals surface area contributed by atoms with Crippen LogP contribution >= 0.6 is 11.6 Å². The number of H-pyrrole nitrogens is 1. The summed E-state index contributed by atoms with van der Waals surface area (Å²) in [6.45, 7) is 3.50. The van der Waals surface area contributed by atoms with E-state index < -0.39 is 11.9 Å². The Kier molecular flexibility index (Phi) is 3.81. The summed E-state index contributed by atoms with van der Waals surface area (Å²) in [6.07, 6.45) is 0. The van der Waals surface area contributed by atoms with E-state index >= 15 is 0 Å². The molecule has 3 N–H and O–H groups in total. The number of aromatic amines is 1. The van der Waals surface area contributed by atoms with Gasteiger partial charge in [-0.15, -0.1) is 0 Å². The van der Waals surface area contributed by atoms with Gasteiger partial charge in [-0.3, -0.25) is 4.79 Å². The average Bonchev–Trinajstić information content (AvgIpc) is 2.73. The third kappa shape index (κ3) is 2.67. The first-order chi connectivity index (χ1) is 9.40. The number of benzene rings is 1. The van der Waals surface area contributed by atoms with Crippen LogP contribution in [0.2, 0.25) is 5.02 Å². The lowest BCUT2D eigenvalue weighted by Gasteiger charge is -2.07. The van der Waals surface area contributed by atoms with Crippen molar-refractivity contribution in [3.8, 4) is 0 Å². The number of carboxylic acids is 1. The van der Waals surface area contributed by atoms with Crippen molar-refractivity contribution in [1.82, 2.24) is 4.98 Å². The van der Waals surface area contributed by atoms with E-state index in [1.54, 1.807) is 38.1 Å². The van der Waals surface area contributed by atoms with E-state index in [1.165, 1.54) is 0 Å². The molecule has 0 saturated heterocycles. The summed E-state index contributed by atoms with van der Waals surface area (Å²) in [7, 11) is 0. The maximum Gasteiger partial charge on any atom is 0.354 e. The predicted molar refractivity (Wildman–Crippen MR) is 76.6 cm³/mol. The van der Waals surface area contributed by atoms with Gasteiger partial charge in [-0.2, -0.15) is 0 Å². The molecule has 1 aromatic heterocycles. The van der Waals surface area contributed by atoms with Crippen LogP contribution in [0, 0.1) is 13.8 Å². The Bertz CT molecular complexity index is 692. The van der Waals surface area contributed by atoms with Gasteiger partial charge < -0.3 is 15.4 Å². The average molecular weight is 293 g/mol. The highest BCUT2D eigenvalue weighted by Crippen LogP contribution is 2.23. The number of amides is 1. The maximum atomic E-state index is 12.2. The van der Waals surface area contributed by atoms with Crippen molar-refractivity contribution in [3.05, 3.63) is 51.8 Å². The van der Waals surface area contributed by atoms with Gasteiger partial charge in [0.15, 0.2) is 0 Å². The van der Waals surface area contributed by atoms with Crippen molar-refractivity contribution < 1.29 is 14.7 Å². The van der Waals surface area contributed by atoms with Gasteiger partial charge in [0.2, 0.25) is 0 Å². The molecule has 1 heterocycles. The van der Waals surface area contributed by atoms with Crippen LogP contribution in [0.25, 0.3) is 0 Å². The summed E-state index contributed by atoms with van der Waals surface area (Å²) in [5.74, 6) is -1.58. The second-order valence-corrected chi connectivity index (χ2v) is 4.81. The van der Waals surface area contributed by atoms with E-state index in [-0.39, 0.29) is 11.4 Å². The highest BCUT2D eigenvalue weighted by Gasteiger charge is 2.18. The third-order valence-corrected chi connectivity index (χ3v) is 3.35. The molecule has 0 fully saturated rings. The van der Waals surface area contributed by atoms with Crippen molar-refractivity contribution >= 4 is 29.2 Å². The molecule has 0 atom stereocenters. The minimum Gasteiger partial charge on any atom is -0.477 e.